The number of piperidine rings is 1. The summed E-state index contributed by atoms with van der Waals surface area (Å²) in [7, 11) is 0. The Morgan fingerprint density at radius 1 is 1.21 bits per heavy atom. The van der Waals surface area contributed by atoms with Crippen LogP contribution in [0.5, 0.6) is 0 Å². The van der Waals surface area contributed by atoms with Crippen molar-refractivity contribution in [3.8, 4) is 11.3 Å². The Bertz CT molecular complexity index is 1240. The van der Waals surface area contributed by atoms with E-state index in [0.29, 0.717) is 52.7 Å². The van der Waals surface area contributed by atoms with Gasteiger partial charge < -0.3 is 21.5 Å². The smallest absolute Gasteiger partial charge is 0.260 e. The van der Waals surface area contributed by atoms with Crippen LogP contribution >= 0.6 is 22.7 Å². The fraction of sp³-hybridized carbons (Fsp3) is 0.250. The number of primary amides is 1. The van der Waals surface area contributed by atoms with Crippen LogP contribution in [-0.4, -0.2) is 40.2 Å². The number of carbonyl (C=O) groups excluding carboxylic acids is 1. The highest BCUT2D eigenvalue weighted by Crippen LogP contribution is 2.42. The van der Waals surface area contributed by atoms with Crippen LogP contribution < -0.4 is 16.4 Å². The number of nitrogen functional groups attached to an aromatic ring is 1. The van der Waals surface area contributed by atoms with E-state index in [-0.39, 0.29) is 6.10 Å². The van der Waals surface area contributed by atoms with Crippen LogP contribution in [0.2, 0.25) is 0 Å². The monoisotopic (exact) mass is 425 g/mol. The van der Waals surface area contributed by atoms with Crippen LogP contribution in [0.1, 0.15) is 22.5 Å². The molecule has 1 aromatic carbocycles. The van der Waals surface area contributed by atoms with Gasteiger partial charge in [0, 0.05) is 34.1 Å². The van der Waals surface area contributed by atoms with Crippen molar-refractivity contribution in [3.63, 3.8) is 0 Å². The quantitative estimate of drug-likeness (QED) is 0.464. The fourth-order valence-electron chi connectivity index (χ4n) is 3.76. The number of thiophene rings is 2. The molecule has 5 rings (SSSR count). The van der Waals surface area contributed by atoms with Crippen LogP contribution in [0.4, 0.5) is 11.6 Å². The molecule has 4 aromatic rings. The zero-order valence-electron chi connectivity index (χ0n) is 15.5. The number of aliphatic hydroxyl groups excluding tert-OH is 1. The second kappa shape index (κ2) is 6.94. The average molecular weight is 426 g/mol. The topological polar surface area (TPSA) is 118 Å². The van der Waals surface area contributed by atoms with Crippen molar-refractivity contribution in [1.82, 2.24) is 9.97 Å². The van der Waals surface area contributed by atoms with Gasteiger partial charge >= 0.3 is 0 Å². The number of hydrogen-bond acceptors (Lipinski definition) is 8. The van der Waals surface area contributed by atoms with E-state index in [4.69, 9.17) is 21.4 Å². The summed E-state index contributed by atoms with van der Waals surface area (Å²) in [5.41, 5.74) is 13.9. The molecule has 7 nitrogen and oxygen atoms in total. The summed E-state index contributed by atoms with van der Waals surface area (Å²) in [6, 6.07) is 8.13. The third-order valence-electron chi connectivity index (χ3n) is 5.28. The van der Waals surface area contributed by atoms with Crippen LogP contribution in [0.25, 0.3) is 31.6 Å². The molecule has 0 bridgehead atoms. The van der Waals surface area contributed by atoms with Crippen molar-refractivity contribution in [2.45, 2.75) is 18.9 Å². The Balaban J connectivity index is 1.76. The number of nitrogens with two attached hydrogens (primary N) is 2. The van der Waals surface area contributed by atoms with Gasteiger partial charge in [0.15, 0.2) is 0 Å². The highest BCUT2D eigenvalue weighted by molar-refractivity contribution is 7.21. The predicted octanol–water partition coefficient (Wildman–Crippen LogP) is 3.22. The summed E-state index contributed by atoms with van der Waals surface area (Å²) in [5, 5.41) is 13.7. The molecule has 29 heavy (non-hydrogen) atoms. The lowest BCUT2D eigenvalue weighted by atomic mass is 10.1. The van der Waals surface area contributed by atoms with Gasteiger partial charge in [-0.3, -0.25) is 4.79 Å². The maximum Gasteiger partial charge on any atom is 0.260 e. The molecule has 0 unspecified atom stereocenters. The van der Waals surface area contributed by atoms with Gasteiger partial charge in [0.25, 0.3) is 5.91 Å². The molecule has 1 saturated heterocycles. The highest BCUT2D eigenvalue weighted by Gasteiger charge is 2.25. The molecule has 4 heterocycles. The lowest BCUT2D eigenvalue weighted by molar-refractivity contribution is 0.100. The molecular weight excluding hydrogens is 406 g/mol. The fourth-order valence-corrected chi connectivity index (χ4v) is 5.64. The number of aromatic nitrogens is 2. The molecule has 1 aliphatic heterocycles. The number of fused-ring (bicyclic) bond motifs is 2. The van der Waals surface area contributed by atoms with Gasteiger partial charge in [0.2, 0.25) is 5.95 Å². The Kier molecular flexibility index (Phi) is 4.38. The number of hydrogen-bond donors (Lipinski definition) is 3. The number of benzene rings is 1. The third kappa shape index (κ3) is 3.02. The Morgan fingerprint density at radius 2 is 1.97 bits per heavy atom. The first-order valence-corrected chi connectivity index (χ1v) is 11.0. The zero-order valence-corrected chi connectivity index (χ0v) is 17.1. The minimum absolute atomic E-state index is 0.283. The highest BCUT2D eigenvalue weighted by atomic mass is 32.1. The standard InChI is InChI=1S/C20H19N5O2S2/c21-15-14-16(12-9-28-13-4-2-1-3-11(12)13)23-20(25-7-5-10(26)6-8-25)24-19(14)29-17(15)18(22)27/h1-4,9-10,26H,5-8,21H2,(H2,22,27). The minimum atomic E-state index is -0.561. The minimum Gasteiger partial charge on any atom is -0.397 e. The van der Waals surface area contributed by atoms with E-state index in [2.05, 4.69) is 22.4 Å². The van der Waals surface area contributed by atoms with Gasteiger partial charge in [-0.25, -0.2) is 9.97 Å². The van der Waals surface area contributed by atoms with E-state index in [1.165, 1.54) is 11.3 Å². The van der Waals surface area contributed by atoms with Crippen LogP contribution in [-0.2, 0) is 0 Å². The molecule has 0 atom stereocenters. The summed E-state index contributed by atoms with van der Waals surface area (Å²) in [6.45, 7) is 1.36. The van der Waals surface area contributed by atoms with Crippen LogP contribution in [0, 0.1) is 0 Å². The molecule has 0 spiro atoms. The van der Waals surface area contributed by atoms with Gasteiger partial charge in [0.05, 0.1) is 22.9 Å². The first-order valence-electron chi connectivity index (χ1n) is 9.32. The van der Waals surface area contributed by atoms with Crippen molar-refractivity contribution in [2.75, 3.05) is 23.7 Å². The van der Waals surface area contributed by atoms with E-state index in [0.717, 1.165) is 21.3 Å². The SMILES string of the molecule is NC(=O)c1sc2nc(N3CCC(O)CC3)nc(-c3csc4ccccc34)c2c1N. The van der Waals surface area contributed by atoms with E-state index < -0.39 is 5.91 Å². The molecule has 0 saturated carbocycles. The van der Waals surface area contributed by atoms with Gasteiger partial charge in [-0.1, -0.05) is 18.2 Å². The number of rotatable bonds is 3. The molecule has 1 amide bonds. The first-order chi connectivity index (χ1) is 14.0. The Hall–Kier alpha value is -2.75. The molecule has 9 heteroatoms. The molecular formula is C20H19N5O2S2. The molecule has 148 valence electrons. The van der Waals surface area contributed by atoms with Crippen LogP contribution in [0.3, 0.4) is 0 Å². The second-order valence-electron chi connectivity index (χ2n) is 7.13. The maximum atomic E-state index is 11.9. The lowest BCUT2D eigenvalue weighted by Gasteiger charge is -2.29. The molecule has 1 fully saturated rings. The first kappa shape index (κ1) is 18.3. The van der Waals surface area contributed by atoms with Crippen molar-refractivity contribution in [3.05, 3.63) is 34.5 Å². The van der Waals surface area contributed by atoms with Crippen molar-refractivity contribution in [1.29, 1.82) is 0 Å². The summed E-state index contributed by atoms with van der Waals surface area (Å²) in [6.07, 6.45) is 1.07. The molecule has 5 N–H and O–H groups in total. The summed E-state index contributed by atoms with van der Waals surface area (Å²) < 4.78 is 1.15. The lowest BCUT2D eigenvalue weighted by Crippen LogP contribution is -2.36. The van der Waals surface area contributed by atoms with E-state index in [1.54, 1.807) is 11.3 Å². The number of carbonyl (C=O) groups is 1. The van der Waals surface area contributed by atoms with Crippen LogP contribution in [0.15, 0.2) is 29.6 Å². The Morgan fingerprint density at radius 3 is 2.72 bits per heavy atom. The van der Waals surface area contributed by atoms with Gasteiger partial charge in [-0.15, -0.1) is 22.7 Å². The average Bonchev–Trinajstić information content (AvgIpc) is 3.29. The van der Waals surface area contributed by atoms with Gasteiger partial charge in [0.1, 0.15) is 9.71 Å². The molecule has 0 radical (unpaired) electrons. The summed E-state index contributed by atoms with van der Waals surface area (Å²) in [5.74, 6) is 0.0289. The number of anilines is 2. The zero-order chi connectivity index (χ0) is 20.1. The number of aliphatic hydroxyl groups is 1. The largest absolute Gasteiger partial charge is 0.397 e. The summed E-state index contributed by atoms with van der Waals surface area (Å²) >= 11 is 2.85. The van der Waals surface area contributed by atoms with Crippen molar-refractivity contribution in [2.24, 2.45) is 5.73 Å². The third-order valence-corrected chi connectivity index (χ3v) is 7.36. The normalized spacial score (nSPS) is 15.4. The maximum absolute atomic E-state index is 11.9. The van der Waals surface area contributed by atoms with Crippen molar-refractivity contribution < 1.29 is 9.90 Å². The number of amides is 1. The number of nitrogens with zero attached hydrogens (tertiary/aromatic N) is 3. The summed E-state index contributed by atoms with van der Waals surface area (Å²) in [4.78, 5) is 24.5. The van der Waals surface area contributed by atoms with Gasteiger partial charge in [-0.2, -0.15) is 0 Å². The Labute approximate surface area is 174 Å². The molecule has 3 aromatic heterocycles. The molecule has 0 aliphatic carbocycles. The van der Waals surface area contributed by atoms with Gasteiger partial charge in [-0.05, 0) is 18.9 Å². The van der Waals surface area contributed by atoms with E-state index in [9.17, 15) is 9.90 Å². The van der Waals surface area contributed by atoms with E-state index >= 15 is 0 Å². The van der Waals surface area contributed by atoms with E-state index in [1.807, 2.05) is 12.1 Å². The predicted molar refractivity (Wildman–Crippen MR) is 119 cm³/mol. The second-order valence-corrected chi connectivity index (χ2v) is 9.04. The van der Waals surface area contributed by atoms with Crippen molar-refractivity contribution >= 4 is 60.5 Å². The molecule has 1 aliphatic rings.